The number of hydrogen-bond acceptors (Lipinski definition) is 4. The van der Waals surface area contributed by atoms with Crippen LogP contribution in [0.1, 0.15) is 18.4 Å². The van der Waals surface area contributed by atoms with Crippen molar-refractivity contribution in [1.29, 1.82) is 0 Å². The highest BCUT2D eigenvalue weighted by molar-refractivity contribution is 6.03. The van der Waals surface area contributed by atoms with Gasteiger partial charge in [0.2, 0.25) is 6.41 Å². The molecule has 0 radical (unpaired) electrons. The monoisotopic (exact) mass is 274 g/mol. The minimum Gasteiger partial charge on any atom is -0.311 e. The lowest BCUT2D eigenvalue weighted by molar-refractivity contribution is -0.108. The van der Waals surface area contributed by atoms with Crippen LogP contribution in [0, 0.1) is 0 Å². The number of hydrogen-bond donors (Lipinski definition) is 1. The number of hydrazone groups is 1. The van der Waals surface area contributed by atoms with Gasteiger partial charge >= 0.3 is 0 Å². The molecule has 1 fully saturated rings. The fourth-order valence-electron chi connectivity index (χ4n) is 2.43. The van der Waals surface area contributed by atoms with Crippen molar-refractivity contribution in [3.05, 3.63) is 35.9 Å². The number of piperidine rings is 1. The molecule has 1 aliphatic heterocycles. The number of benzene rings is 1. The van der Waals surface area contributed by atoms with Crippen molar-refractivity contribution in [2.24, 2.45) is 5.10 Å². The number of amides is 1. The minimum absolute atomic E-state index is 0.429. The van der Waals surface area contributed by atoms with Crippen LogP contribution in [0.5, 0.6) is 0 Å². The predicted octanol–water partition coefficient (Wildman–Crippen LogP) is 1.12. The van der Waals surface area contributed by atoms with Crippen LogP contribution >= 0.6 is 0 Å². The van der Waals surface area contributed by atoms with E-state index in [1.165, 1.54) is 0 Å². The van der Waals surface area contributed by atoms with Gasteiger partial charge in [-0.05, 0) is 33.0 Å². The van der Waals surface area contributed by atoms with Crippen molar-refractivity contribution >= 4 is 12.2 Å². The Hall–Kier alpha value is -1.88. The molecule has 0 aliphatic carbocycles. The molecule has 0 unspecified atom stereocenters. The second-order valence-electron chi connectivity index (χ2n) is 5.18. The van der Waals surface area contributed by atoms with Gasteiger partial charge in [0.05, 0.1) is 0 Å². The van der Waals surface area contributed by atoms with Gasteiger partial charge in [-0.25, -0.2) is 0 Å². The summed E-state index contributed by atoms with van der Waals surface area (Å²) in [5.41, 5.74) is 0.916. The van der Waals surface area contributed by atoms with Crippen molar-refractivity contribution in [2.75, 3.05) is 27.2 Å². The van der Waals surface area contributed by atoms with Gasteiger partial charge in [-0.2, -0.15) is 5.10 Å². The number of rotatable bonds is 4. The van der Waals surface area contributed by atoms with Crippen molar-refractivity contribution in [2.45, 2.75) is 18.9 Å². The Morgan fingerprint density at radius 1 is 1.35 bits per heavy atom. The van der Waals surface area contributed by atoms with Crippen molar-refractivity contribution in [1.82, 2.24) is 15.2 Å². The number of nitrogens with one attached hydrogen (secondary N) is 1. The molecule has 0 spiro atoms. The first-order chi connectivity index (χ1) is 9.70. The molecule has 0 saturated carbocycles. The molecule has 20 heavy (non-hydrogen) atoms. The molecule has 2 rings (SSSR count). The topological polar surface area (TPSA) is 47.9 Å². The van der Waals surface area contributed by atoms with E-state index in [2.05, 4.69) is 22.4 Å². The summed E-state index contributed by atoms with van der Waals surface area (Å²) in [5.74, 6) is 0.599. The highest BCUT2D eigenvalue weighted by atomic mass is 16.1. The first kappa shape index (κ1) is 14.5. The average molecular weight is 274 g/mol. The van der Waals surface area contributed by atoms with Gasteiger partial charge in [0.25, 0.3) is 0 Å². The lowest BCUT2D eigenvalue weighted by atomic mass is 10.1. The molecule has 1 amide bonds. The summed E-state index contributed by atoms with van der Waals surface area (Å²) >= 11 is 0. The molecule has 5 nitrogen and oxygen atoms in total. The third-order valence-corrected chi connectivity index (χ3v) is 3.72. The van der Waals surface area contributed by atoms with Gasteiger partial charge in [0.15, 0.2) is 5.84 Å². The number of amidine groups is 1. The minimum atomic E-state index is 0.429. The maximum absolute atomic E-state index is 10.8. The van der Waals surface area contributed by atoms with Crippen molar-refractivity contribution in [3.8, 4) is 0 Å². The Kier molecular flexibility index (Phi) is 5.12. The standard InChI is InChI=1S/C15H22N4O/c1-18-10-8-14(9-11-18)19(2)17-15(16-12-20)13-6-4-3-5-7-13/h3-7,12,14H,8-11H2,1-2H3,(H,16,17,20). The molecule has 1 aromatic rings. The smallest absolute Gasteiger partial charge is 0.212 e. The Bertz CT molecular complexity index is 452. The van der Waals surface area contributed by atoms with Gasteiger partial charge in [0.1, 0.15) is 0 Å². The first-order valence-corrected chi connectivity index (χ1v) is 6.96. The number of likely N-dealkylation sites (tertiary alicyclic amines) is 1. The first-order valence-electron chi connectivity index (χ1n) is 6.96. The van der Waals surface area contributed by atoms with Gasteiger partial charge in [-0.15, -0.1) is 0 Å². The van der Waals surface area contributed by atoms with E-state index in [1.54, 1.807) is 0 Å². The molecule has 108 valence electrons. The lowest BCUT2D eigenvalue weighted by Crippen LogP contribution is -2.41. The Morgan fingerprint density at radius 3 is 2.60 bits per heavy atom. The molecule has 5 heteroatoms. The normalized spacial score (nSPS) is 17.8. The molecule has 1 N–H and O–H groups in total. The van der Waals surface area contributed by atoms with E-state index in [0.29, 0.717) is 18.3 Å². The Balaban J connectivity index is 2.10. The predicted molar refractivity (Wildman–Crippen MR) is 80.5 cm³/mol. The second kappa shape index (κ2) is 7.05. The van der Waals surface area contributed by atoms with E-state index in [0.717, 1.165) is 31.5 Å². The van der Waals surface area contributed by atoms with Crippen LogP contribution < -0.4 is 5.32 Å². The fourth-order valence-corrected chi connectivity index (χ4v) is 2.43. The average Bonchev–Trinajstić information content (AvgIpc) is 2.48. The number of carbonyl (C=O) groups excluding carboxylic acids is 1. The molecule has 0 bridgehead atoms. The highest BCUT2D eigenvalue weighted by Crippen LogP contribution is 2.14. The lowest BCUT2D eigenvalue weighted by Gasteiger charge is -2.33. The summed E-state index contributed by atoms with van der Waals surface area (Å²) in [5, 5.41) is 9.25. The number of nitrogens with zero attached hydrogens (tertiary/aromatic N) is 3. The van der Waals surface area contributed by atoms with Crippen molar-refractivity contribution < 1.29 is 4.79 Å². The second-order valence-corrected chi connectivity index (χ2v) is 5.18. The van der Waals surface area contributed by atoms with Crippen LogP contribution in [-0.4, -0.2) is 55.4 Å². The van der Waals surface area contributed by atoms with Crippen LogP contribution in [0.25, 0.3) is 0 Å². The summed E-state index contributed by atoms with van der Waals surface area (Å²) < 4.78 is 0. The van der Waals surface area contributed by atoms with Crippen LogP contribution in [-0.2, 0) is 4.79 Å². The van der Waals surface area contributed by atoms with Crippen LogP contribution in [0.15, 0.2) is 35.4 Å². The fraction of sp³-hybridized carbons (Fsp3) is 0.467. The maximum atomic E-state index is 10.8. The zero-order chi connectivity index (χ0) is 14.4. The number of carbonyl (C=O) groups is 1. The van der Waals surface area contributed by atoms with Gasteiger partial charge in [0, 0.05) is 18.7 Å². The summed E-state index contributed by atoms with van der Waals surface area (Å²) in [7, 11) is 4.12. The molecule has 1 aromatic carbocycles. The van der Waals surface area contributed by atoms with E-state index in [-0.39, 0.29) is 0 Å². The summed E-state index contributed by atoms with van der Waals surface area (Å²) in [6.07, 6.45) is 2.87. The SMILES string of the molecule is CN1CCC(N(C)/N=C(\NC=O)c2ccccc2)CC1. The molecular formula is C15H22N4O. The van der Waals surface area contributed by atoms with E-state index in [1.807, 2.05) is 42.4 Å². The zero-order valence-corrected chi connectivity index (χ0v) is 12.1. The summed E-state index contributed by atoms with van der Waals surface area (Å²) in [6, 6.07) is 10.1. The van der Waals surface area contributed by atoms with Gasteiger partial charge in [-0.3, -0.25) is 9.80 Å². The zero-order valence-electron chi connectivity index (χ0n) is 12.1. The molecule has 0 atom stereocenters. The van der Waals surface area contributed by atoms with Crippen molar-refractivity contribution in [3.63, 3.8) is 0 Å². The quantitative estimate of drug-likeness (QED) is 0.387. The van der Waals surface area contributed by atoms with E-state index in [4.69, 9.17) is 0 Å². The summed E-state index contributed by atoms with van der Waals surface area (Å²) in [6.45, 7) is 2.18. The molecular weight excluding hydrogens is 252 g/mol. The third kappa shape index (κ3) is 3.81. The van der Waals surface area contributed by atoms with Crippen LogP contribution in [0.2, 0.25) is 0 Å². The van der Waals surface area contributed by atoms with Gasteiger partial charge < -0.3 is 10.2 Å². The highest BCUT2D eigenvalue weighted by Gasteiger charge is 2.20. The van der Waals surface area contributed by atoms with Crippen LogP contribution in [0.3, 0.4) is 0 Å². The molecule has 0 aromatic heterocycles. The maximum Gasteiger partial charge on any atom is 0.212 e. The molecule has 1 aliphatic rings. The van der Waals surface area contributed by atoms with E-state index in [9.17, 15) is 4.79 Å². The van der Waals surface area contributed by atoms with E-state index < -0.39 is 0 Å². The van der Waals surface area contributed by atoms with E-state index >= 15 is 0 Å². The van der Waals surface area contributed by atoms with Gasteiger partial charge in [-0.1, -0.05) is 30.3 Å². The van der Waals surface area contributed by atoms with Crippen LogP contribution in [0.4, 0.5) is 0 Å². The summed E-state index contributed by atoms with van der Waals surface area (Å²) in [4.78, 5) is 13.1. The molecule has 1 saturated heterocycles. The largest absolute Gasteiger partial charge is 0.311 e. The third-order valence-electron chi connectivity index (χ3n) is 3.72. The Morgan fingerprint density at radius 2 is 2.00 bits per heavy atom. The Labute approximate surface area is 120 Å². The molecule has 1 heterocycles.